The number of rotatable bonds is 0. The summed E-state index contributed by atoms with van der Waals surface area (Å²) in [6.45, 7) is 0. The van der Waals surface area contributed by atoms with Gasteiger partial charge in [0.25, 0.3) is 0 Å². The fraction of sp³-hybridized carbons (Fsp3) is 0. The first-order valence-corrected chi connectivity index (χ1v) is 0. The molecule has 2 N–H and O–H groups in total. The van der Waals surface area contributed by atoms with Crippen LogP contribution in [0.5, 0.6) is 0 Å². The molecule has 0 rings (SSSR count). The first kappa shape index (κ1) is 41.1. The van der Waals surface area contributed by atoms with Gasteiger partial charge in [-0.3, -0.25) is 0 Å². The molecule has 0 aliphatic heterocycles. The van der Waals surface area contributed by atoms with E-state index in [0.29, 0.717) is 0 Å². The van der Waals surface area contributed by atoms with Crippen molar-refractivity contribution in [2.75, 3.05) is 0 Å². The van der Waals surface area contributed by atoms with E-state index in [1.54, 1.807) is 0 Å². The van der Waals surface area contributed by atoms with Gasteiger partial charge < -0.3 is 5.48 Å². The second kappa shape index (κ2) is 26.8. The fourth-order valence-corrected chi connectivity index (χ4v) is 0. The van der Waals surface area contributed by atoms with Crippen molar-refractivity contribution >= 4 is 12.4 Å². The van der Waals surface area contributed by atoms with E-state index in [4.69, 9.17) is 0 Å². The molecule has 0 heterocycles. The van der Waals surface area contributed by atoms with E-state index in [9.17, 15) is 0 Å². The Morgan fingerprint density at radius 1 is 0.600 bits per heavy atom. The molecule has 0 spiro atoms. The van der Waals surface area contributed by atoms with E-state index in [1.165, 1.54) is 0 Å². The Morgan fingerprint density at radius 2 is 0.600 bits per heavy atom. The van der Waals surface area contributed by atoms with Crippen molar-refractivity contribution < 1.29 is 94.1 Å². The van der Waals surface area contributed by atoms with Crippen molar-refractivity contribution in [3.05, 3.63) is 0 Å². The van der Waals surface area contributed by atoms with E-state index in [2.05, 4.69) is 0 Å². The minimum atomic E-state index is 0. The van der Waals surface area contributed by atoms with E-state index in [0.717, 1.165) is 0 Å². The molecule has 0 radical (unpaired) electrons. The fourth-order valence-electron chi connectivity index (χ4n) is 0. The Hall–Kier alpha value is 3.25. The summed E-state index contributed by atoms with van der Waals surface area (Å²) in [6, 6.07) is 0. The van der Waals surface area contributed by atoms with Gasteiger partial charge >= 0.3 is 88.7 Å². The summed E-state index contributed by atoms with van der Waals surface area (Å²) in [7, 11) is 0. The zero-order valence-electron chi connectivity index (χ0n) is 3.91. The molecule has 0 unspecified atom stereocenters. The molecule has 0 atom stereocenters. The summed E-state index contributed by atoms with van der Waals surface area (Å²) in [5.41, 5.74) is 0. The van der Waals surface area contributed by atoms with Gasteiger partial charge in [-0.2, -0.15) is 0 Å². The van der Waals surface area contributed by atoms with Crippen LogP contribution in [0.1, 0.15) is 0 Å². The SMILES string of the molecule is Cl.O.[Na+].[Na+].[Na+]. The van der Waals surface area contributed by atoms with Crippen molar-refractivity contribution in [1.29, 1.82) is 0 Å². The Morgan fingerprint density at radius 3 is 0.600 bits per heavy atom. The van der Waals surface area contributed by atoms with Crippen molar-refractivity contribution in [1.82, 2.24) is 0 Å². The average molecular weight is 123 g/mol. The van der Waals surface area contributed by atoms with E-state index in [-0.39, 0.29) is 107 Å². The number of hydrogen-bond donors (Lipinski definition) is 0. The Bertz CT molecular complexity index is 6.85. The predicted molar refractivity (Wildman–Crippen MR) is 10.9 cm³/mol. The van der Waals surface area contributed by atoms with Crippen LogP contribution in [0.2, 0.25) is 0 Å². The zero-order valence-corrected chi connectivity index (χ0v) is 10.7. The molecule has 16 valence electrons. The molecule has 0 aromatic heterocycles. The van der Waals surface area contributed by atoms with Crippen LogP contribution in [0.25, 0.3) is 0 Å². The van der Waals surface area contributed by atoms with Crippen molar-refractivity contribution in [2.24, 2.45) is 0 Å². The van der Waals surface area contributed by atoms with Gasteiger partial charge in [-0.15, -0.1) is 12.4 Å². The molecule has 0 bridgehead atoms. The average Bonchev–Trinajstić information content (AvgIpc) is 0. The smallest absolute Gasteiger partial charge is 0.412 e. The monoisotopic (exact) mass is 123 g/mol. The van der Waals surface area contributed by atoms with Gasteiger partial charge in [-0.1, -0.05) is 0 Å². The molecule has 0 aliphatic rings. The van der Waals surface area contributed by atoms with E-state index >= 15 is 0 Å². The predicted octanol–water partition coefficient (Wildman–Crippen LogP) is -9.39. The van der Waals surface area contributed by atoms with Crippen molar-refractivity contribution in [2.45, 2.75) is 0 Å². The summed E-state index contributed by atoms with van der Waals surface area (Å²) in [6.07, 6.45) is 0. The number of halogens is 1. The van der Waals surface area contributed by atoms with Crippen LogP contribution in [0.3, 0.4) is 0 Å². The van der Waals surface area contributed by atoms with E-state index < -0.39 is 0 Å². The molecule has 0 saturated heterocycles. The van der Waals surface area contributed by atoms with Gasteiger partial charge in [0.15, 0.2) is 0 Å². The molecule has 1 nitrogen and oxygen atoms in total. The Kier molecular flexibility index (Phi) is 220. The largest absolute Gasteiger partial charge is 1.00 e. The van der Waals surface area contributed by atoms with Crippen molar-refractivity contribution in [3.8, 4) is 0 Å². The maximum absolute atomic E-state index is 0. The molecule has 0 aliphatic carbocycles. The molecular weight excluding hydrogens is 120 g/mol. The molecule has 5 heavy (non-hydrogen) atoms. The number of hydrogen-bond acceptors (Lipinski definition) is 0. The molecule has 0 aromatic rings. The summed E-state index contributed by atoms with van der Waals surface area (Å²) >= 11 is 0. The van der Waals surface area contributed by atoms with Gasteiger partial charge in [0, 0.05) is 0 Å². The third-order valence-electron chi connectivity index (χ3n) is 0. The second-order valence-corrected chi connectivity index (χ2v) is 0. The third kappa shape index (κ3) is 18.9. The maximum atomic E-state index is 0. The normalized spacial score (nSPS) is 0. The van der Waals surface area contributed by atoms with Gasteiger partial charge in [0.1, 0.15) is 0 Å². The van der Waals surface area contributed by atoms with Crippen LogP contribution in [-0.4, -0.2) is 5.48 Å². The molecule has 0 fully saturated rings. The topological polar surface area (TPSA) is 31.5 Å². The molecular formula is H3ClNa3O+3. The third-order valence-corrected chi connectivity index (χ3v) is 0. The van der Waals surface area contributed by atoms with Crippen LogP contribution >= 0.6 is 12.4 Å². The summed E-state index contributed by atoms with van der Waals surface area (Å²) < 4.78 is 0. The summed E-state index contributed by atoms with van der Waals surface area (Å²) in [4.78, 5) is 0. The van der Waals surface area contributed by atoms with Gasteiger partial charge in [-0.25, -0.2) is 0 Å². The zero-order chi connectivity index (χ0) is 0. The minimum absolute atomic E-state index is 0. The van der Waals surface area contributed by atoms with Crippen LogP contribution < -0.4 is 88.7 Å². The van der Waals surface area contributed by atoms with E-state index in [1.807, 2.05) is 0 Å². The minimum Gasteiger partial charge on any atom is -0.412 e. The quantitative estimate of drug-likeness (QED) is 0.287. The van der Waals surface area contributed by atoms with Crippen LogP contribution in [0.15, 0.2) is 0 Å². The summed E-state index contributed by atoms with van der Waals surface area (Å²) in [5.74, 6) is 0. The van der Waals surface area contributed by atoms with Gasteiger partial charge in [0.05, 0.1) is 0 Å². The van der Waals surface area contributed by atoms with Crippen LogP contribution in [0.4, 0.5) is 0 Å². The van der Waals surface area contributed by atoms with Crippen LogP contribution in [0, 0.1) is 0 Å². The Balaban J connectivity index is 0. The van der Waals surface area contributed by atoms with Crippen LogP contribution in [-0.2, 0) is 0 Å². The van der Waals surface area contributed by atoms with Crippen molar-refractivity contribution in [3.63, 3.8) is 0 Å². The maximum Gasteiger partial charge on any atom is 1.00 e. The van der Waals surface area contributed by atoms with Gasteiger partial charge in [0.2, 0.25) is 0 Å². The first-order chi connectivity index (χ1) is 0. The Labute approximate surface area is 104 Å². The van der Waals surface area contributed by atoms with Gasteiger partial charge in [-0.05, 0) is 0 Å². The molecule has 0 saturated carbocycles. The molecule has 5 heteroatoms. The first-order valence-electron chi connectivity index (χ1n) is 0. The second-order valence-electron chi connectivity index (χ2n) is 0. The standard InChI is InChI=1S/ClH.3Na.H2O/h1H;;;;1H2/q;3*+1;. The molecule has 0 amide bonds. The molecule has 0 aromatic carbocycles. The summed E-state index contributed by atoms with van der Waals surface area (Å²) in [5, 5.41) is 0.